The van der Waals surface area contributed by atoms with Crippen molar-refractivity contribution in [2.75, 3.05) is 36.8 Å². The van der Waals surface area contributed by atoms with Crippen LogP contribution in [0.15, 0.2) is 48.5 Å². The maximum Gasteiger partial charge on any atom is 0.222 e. The summed E-state index contributed by atoms with van der Waals surface area (Å²) in [7, 11) is -3.22. The zero-order valence-electron chi connectivity index (χ0n) is 17.0. The monoisotopic (exact) mass is 477 g/mol. The Hall–Kier alpha value is -2.16. The fourth-order valence-electron chi connectivity index (χ4n) is 3.69. The van der Waals surface area contributed by atoms with Crippen LogP contribution in [0.3, 0.4) is 0 Å². The molecule has 1 aliphatic heterocycles. The van der Waals surface area contributed by atoms with E-state index in [1.54, 1.807) is 11.3 Å². The SMILES string of the molecule is O=C(CCCS(=O)(=O)Cc1ccccc1)N1CCN(c2nc3c(Cl)cccc3s2)CC1. The predicted molar refractivity (Wildman–Crippen MR) is 127 cm³/mol. The summed E-state index contributed by atoms with van der Waals surface area (Å²) in [6.07, 6.45) is 0.606. The molecular weight excluding hydrogens is 454 g/mol. The zero-order valence-corrected chi connectivity index (χ0v) is 19.4. The van der Waals surface area contributed by atoms with Crippen LogP contribution >= 0.6 is 22.9 Å². The van der Waals surface area contributed by atoms with Crippen LogP contribution in [0.1, 0.15) is 18.4 Å². The van der Waals surface area contributed by atoms with Gasteiger partial charge in [-0.2, -0.15) is 0 Å². The molecular formula is C22H24ClN3O3S2. The van der Waals surface area contributed by atoms with Crippen molar-refractivity contribution in [3.63, 3.8) is 0 Å². The summed E-state index contributed by atoms with van der Waals surface area (Å²) in [4.78, 5) is 21.2. The summed E-state index contributed by atoms with van der Waals surface area (Å²) in [5.74, 6) is 0.0642. The van der Waals surface area contributed by atoms with E-state index >= 15 is 0 Å². The third kappa shape index (κ3) is 5.56. The lowest BCUT2D eigenvalue weighted by molar-refractivity contribution is -0.131. The molecule has 6 nitrogen and oxygen atoms in total. The number of aromatic nitrogens is 1. The highest BCUT2D eigenvalue weighted by atomic mass is 35.5. The van der Waals surface area contributed by atoms with Gasteiger partial charge in [-0.15, -0.1) is 0 Å². The van der Waals surface area contributed by atoms with Crippen molar-refractivity contribution in [1.29, 1.82) is 0 Å². The van der Waals surface area contributed by atoms with Gasteiger partial charge in [0.2, 0.25) is 5.91 Å². The van der Waals surface area contributed by atoms with Crippen LogP contribution in [-0.4, -0.2) is 56.1 Å². The number of rotatable bonds is 7. The van der Waals surface area contributed by atoms with Gasteiger partial charge in [-0.1, -0.05) is 59.3 Å². The van der Waals surface area contributed by atoms with Crippen LogP contribution in [0.25, 0.3) is 10.2 Å². The summed E-state index contributed by atoms with van der Waals surface area (Å²) in [6.45, 7) is 2.63. The molecule has 9 heteroatoms. The topological polar surface area (TPSA) is 70.6 Å². The Labute approximate surface area is 191 Å². The van der Waals surface area contributed by atoms with Gasteiger partial charge in [0, 0.05) is 32.6 Å². The van der Waals surface area contributed by atoms with Gasteiger partial charge in [0.25, 0.3) is 0 Å². The van der Waals surface area contributed by atoms with Gasteiger partial charge in [-0.25, -0.2) is 13.4 Å². The number of hydrogen-bond donors (Lipinski definition) is 0. The quantitative estimate of drug-likeness (QED) is 0.514. The highest BCUT2D eigenvalue weighted by Gasteiger charge is 2.23. The molecule has 2 aromatic carbocycles. The van der Waals surface area contributed by atoms with E-state index in [9.17, 15) is 13.2 Å². The van der Waals surface area contributed by atoms with Gasteiger partial charge in [0.1, 0.15) is 5.52 Å². The maximum absolute atomic E-state index is 12.6. The molecule has 0 bridgehead atoms. The molecule has 0 unspecified atom stereocenters. The predicted octanol–water partition coefficient (Wildman–Crippen LogP) is 3.99. The van der Waals surface area contributed by atoms with Crippen LogP contribution in [0.5, 0.6) is 0 Å². The van der Waals surface area contributed by atoms with Gasteiger partial charge in [0.05, 0.1) is 21.2 Å². The van der Waals surface area contributed by atoms with Crippen molar-refractivity contribution in [2.45, 2.75) is 18.6 Å². The highest BCUT2D eigenvalue weighted by molar-refractivity contribution is 7.90. The second-order valence-electron chi connectivity index (χ2n) is 7.63. The van der Waals surface area contributed by atoms with E-state index in [0.29, 0.717) is 37.6 Å². The first-order valence-electron chi connectivity index (χ1n) is 10.2. The fraction of sp³-hybridized carbons (Fsp3) is 0.364. The number of carbonyl (C=O) groups is 1. The molecule has 3 aromatic rings. The van der Waals surface area contributed by atoms with Crippen LogP contribution in [0, 0.1) is 0 Å². The van der Waals surface area contributed by atoms with E-state index in [-0.39, 0.29) is 23.8 Å². The molecule has 0 radical (unpaired) electrons. The van der Waals surface area contributed by atoms with Crippen LogP contribution in [-0.2, 0) is 20.4 Å². The van der Waals surface area contributed by atoms with E-state index in [4.69, 9.17) is 11.6 Å². The summed E-state index contributed by atoms with van der Waals surface area (Å²) in [5.41, 5.74) is 1.60. The molecule has 1 saturated heterocycles. The van der Waals surface area contributed by atoms with Crippen molar-refractivity contribution in [2.24, 2.45) is 0 Å². The molecule has 1 amide bonds. The van der Waals surface area contributed by atoms with Crippen molar-refractivity contribution in [1.82, 2.24) is 9.88 Å². The summed E-state index contributed by atoms with van der Waals surface area (Å²) >= 11 is 7.83. The number of piperazine rings is 1. The fourth-order valence-corrected chi connectivity index (χ4v) is 6.43. The molecule has 0 N–H and O–H groups in total. The standard InChI is InChI=1S/C22H24ClN3O3S2/c23-18-8-4-9-19-21(18)24-22(30-19)26-13-11-25(12-14-26)20(27)10-5-15-31(28,29)16-17-6-2-1-3-7-17/h1-4,6-9H,5,10-16H2. The summed E-state index contributed by atoms with van der Waals surface area (Å²) in [5, 5.41) is 1.57. The van der Waals surface area contributed by atoms with Crippen molar-refractivity contribution >= 4 is 54.0 Å². The molecule has 1 fully saturated rings. The number of halogens is 1. The number of nitrogens with zero attached hydrogens (tertiary/aromatic N) is 3. The number of anilines is 1. The number of fused-ring (bicyclic) bond motifs is 1. The van der Waals surface area contributed by atoms with Crippen LogP contribution < -0.4 is 4.90 Å². The van der Waals surface area contributed by atoms with E-state index in [2.05, 4.69) is 9.88 Å². The molecule has 31 heavy (non-hydrogen) atoms. The molecule has 0 saturated carbocycles. The first-order chi connectivity index (χ1) is 14.9. The Morgan fingerprint density at radius 1 is 1.03 bits per heavy atom. The lowest BCUT2D eigenvalue weighted by Gasteiger charge is -2.34. The van der Waals surface area contributed by atoms with Crippen molar-refractivity contribution in [3.8, 4) is 0 Å². The minimum absolute atomic E-state index is 0.0157. The highest BCUT2D eigenvalue weighted by Crippen LogP contribution is 2.33. The minimum Gasteiger partial charge on any atom is -0.345 e. The van der Waals surface area contributed by atoms with Crippen LogP contribution in [0.2, 0.25) is 5.02 Å². The second kappa shape index (κ2) is 9.54. The molecule has 0 atom stereocenters. The van der Waals surface area contributed by atoms with Gasteiger partial charge < -0.3 is 9.80 Å². The first-order valence-corrected chi connectivity index (χ1v) is 13.2. The number of thiazole rings is 1. The van der Waals surface area contributed by atoms with Gasteiger partial charge in [-0.3, -0.25) is 4.79 Å². The van der Waals surface area contributed by atoms with E-state index < -0.39 is 9.84 Å². The Bertz CT molecular complexity index is 1160. The van der Waals surface area contributed by atoms with E-state index in [1.165, 1.54) is 0 Å². The van der Waals surface area contributed by atoms with Gasteiger partial charge >= 0.3 is 0 Å². The Morgan fingerprint density at radius 2 is 1.77 bits per heavy atom. The molecule has 2 heterocycles. The average molecular weight is 478 g/mol. The number of para-hydroxylation sites is 1. The Morgan fingerprint density at radius 3 is 2.48 bits per heavy atom. The molecule has 0 aliphatic carbocycles. The molecule has 4 rings (SSSR count). The Kier molecular flexibility index (Phi) is 6.79. The third-order valence-electron chi connectivity index (χ3n) is 5.34. The van der Waals surface area contributed by atoms with E-state index in [1.807, 2.05) is 53.4 Å². The maximum atomic E-state index is 12.6. The number of hydrogen-bond acceptors (Lipinski definition) is 6. The normalized spacial score (nSPS) is 14.9. The summed E-state index contributed by atoms with van der Waals surface area (Å²) < 4.78 is 25.7. The first kappa shape index (κ1) is 22.0. The average Bonchev–Trinajstić information content (AvgIpc) is 3.20. The van der Waals surface area contributed by atoms with Gasteiger partial charge in [-0.05, 0) is 24.1 Å². The van der Waals surface area contributed by atoms with Gasteiger partial charge in [0.15, 0.2) is 15.0 Å². The lowest BCUT2D eigenvalue weighted by Crippen LogP contribution is -2.48. The number of amides is 1. The number of sulfone groups is 1. The Balaban J connectivity index is 1.25. The second-order valence-corrected chi connectivity index (χ2v) is 11.2. The largest absolute Gasteiger partial charge is 0.345 e. The third-order valence-corrected chi connectivity index (χ3v) is 8.41. The van der Waals surface area contributed by atoms with Crippen molar-refractivity contribution in [3.05, 3.63) is 59.1 Å². The smallest absolute Gasteiger partial charge is 0.222 e. The van der Waals surface area contributed by atoms with Crippen molar-refractivity contribution < 1.29 is 13.2 Å². The molecule has 1 aromatic heterocycles. The lowest BCUT2D eigenvalue weighted by atomic mass is 10.2. The minimum atomic E-state index is -3.22. The number of carbonyl (C=O) groups excluding carboxylic acids is 1. The molecule has 164 valence electrons. The molecule has 0 spiro atoms. The van der Waals surface area contributed by atoms with Crippen LogP contribution in [0.4, 0.5) is 5.13 Å². The molecule has 1 aliphatic rings. The zero-order chi connectivity index (χ0) is 21.8. The summed E-state index contributed by atoms with van der Waals surface area (Å²) in [6, 6.07) is 14.9. The number of benzene rings is 2. The van der Waals surface area contributed by atoms with E-state index in [0.717, 1.165) is 20.9 Å².